The number of hydrogen-bond donors (Lipinski definition) is 4. The van der Waals surface area contributed by atoms with Crippen molar-refractivity contribution >= 4 is 11.9 Å². The van der Waals surface area contributed by atoms with Gasteiger partial charge >= 0.3 is 0 Å². The molecular weight excluding hydrogens is 452 g/mol. The zero-order valence-electron chi connectivity index (χ0n) is 19.3. The summed E-state index contributed by atoms with van der Waals surface area (Å²) in [4.78, 5) is 27.4. The van der Waals surface area contributed by atoms with E-state index in [2.05, 4.69) is 30.9 Å². The van der Waals surface area contributed by atoms with Crippen LogP contribution >= 0.6 is 0 Å². The number of nitrogens with one attached hydrogen (secondary N) is 2. The van der Waals surface area contributed by atoms with Gasteiger partial charge in [0.15, 0.2) is 5.76 Å². The van der Waals surface area contributed by atoms with Gasteiger partial charge in [0.1, 0.15) is 11.5 Å². The number of likely N-dealkylation sites (tertiary alicyclic amines) is 1. The number of nitrogens with zero attached hydrogens (tertiary/aromatic N) is 6. The van der Waals surface area contributed by atoms with Crippen molar-refractivity contribution in [2.75, 3.05) is 32.1 Å². The van der Waals surface area contributed by atoms with Gasteiger partial charge in [-0.25, -0.2) is 20.4 Å². The monoisotopic (exact) mass is 478 g/mol. The van der Waals surface area contributed by atoms with Crippen LogP contribution in [0.15, 0.2) is 52.9 Å². The highest BCUT2D eigenvalue weighted by Gasteiger charge is 2.48. The first-order valence-corrected chi connectivity index (χ1v) is 11.3. The number of hydrazine groups is 1. The fraction of sp³-hybridized carbons (Fsp3) is 0.348. The van der Waals surface area contributed by atoms with Crippen LogP contribution in [0.2, 0.25) is 0 Å². The molecule has 0 saturated carbocycles. The van der Waals surface area contributed by atoms with Gasteiger partial charge in [-0.05, 0) is 31.2 Å². The van der Waals surface area contributed by atoms with Crippen LogP contribution < -0.4 is 10.7 Å². The third-order valence-electron chi connectivity index (χ3n) is 5.98. The van der Waals surface area contributed by atoms with Crippen LogP contribution in [-0.4, -0.2) is 78.9 Å². The van der Waals surface area contributed by atoms with E-state index in [4.69, 9.17) is 4.52 Å². The van der Waals surface area contributed by atoms with E-state index in [0.29, 0.717) is 41.8 Å². The Morgan fingerprint density at radius 1 is 1.23 bits per heavy atom. The first-order valence-electron chi connectivity index (χ1n) is 11.3. The Kier molecular flexibility index (Phi) is 5.93. The number of aromatic nitrogens is 4. The summed E-state index contributed by atoms with van der Waals surface area (Å²) in [5.74, 6) is 0.824. The highest BCUT2D eigenvalue weighted by Crippen LogP contribution is 2.34. The molecule has 2 aliphatic rings. The molecule has 182 valence electrons. The number of carbonyl (C=O) groups excluding carboxylic acids is 1. The first kappa shape index (κ1) is 22.9. The van der Waals surface area contributed by atoms with Crippen molar-refractivity contribution < 1.29 is 19.5 Å². The summed E-state index contributed by atoms with van der Waals surface area (Å²) < 4.78 is 5.34. The lowest BCUT2D eigenvalue weighted by Crippen LogP contribution is -2.39. The van der Waals surface area contributed by atoms with Gasteiger partial charge in [0.25, 0.3) is 5.91 Å². The fourth-order valence-corrected chi connectivity index (χ4v) is 4.14. The summed E-state index contributed by atoms with van der Waals surface area (Å²) in [5, 5.41) is 29.1. The van der Waals surface area contributed by atoms with E-state index in [9.17, 15) is 15.0 Å². The number of hydrogen-bond acceptors (Lipinski definition) is 11. The standard InChI is InChI=1S/C23H26N8O4/c1-14-12-20(31(28-14)10-11-32)27-22-24-8-6-17(26-22)15-4-3-5-16(25-15)18-13-19(35-29-18)23(34)7-9-30(2)21(23)33/h3-6,8,12-14,28,32,34H,7,9-11H2,1-2H3,(H,24,26,27). The van der Waals surface area contributed by atoms with Crippen molar-refractivity contribution in [3.8, 4) is 22.8 Å². The van der Waals surface area contributed by atoms with Gasteiger partial charge in [-0.3, -0.25) is 9.80 Å². The van der Waals surface area contributed by atoms with Crippen molar-refractivity contribution in [3.63, 3.8) is 0 Å². The molecule has 3 aromatic heterocycles. The molecule has 2 unspecified atom stereocenters. The maximum absolute atomic E-state index is 12.4. The summed E-state index contributed by atoms with van der Waals surface area (Å²) in [7, 11) is 1.64. The van der Waals surface area contributed by atoms with Crippen LogP contribution in [0.1, 0.15) is 19.1 Å². The smallest absolute Gasteiger partial charge is 0.262 e. The zero-order chi connectivity index (χ0) is 24.6. The Morgan fingerprint density at radius 2 is 2.00 bits per heavy atom. The van der Waals surface area contributed by atoms with Crippen molar-refractivity contribution in [2.24, 2.45) is 0 Å². The lowest BCUT2D eigenvalue weighted by molar-refractivity contribution is -0.144. The normalized spacial score (nSPS) is 22.1. The van der Waals surface area contributed by atoms with Gasteiger partial charge in [0.2, 0.25) is 11.5 Å². The van der Waals surface area contributed by atoms with Gasteiger partial charge < -0.3 is 25.0 Å². The molecule has 4 N–H and O–H groups in total. The zero-order valence-corrected chi connectivity index (χ0v) is 19.3. The third kappa shape index (κ3) is 4.34. The molecular formula is C23H26N8O4. The largest absolute Gasteiger partial charge is 0.394 e. The van der Waals surface area contributed by atoms with E-state index in [1.165, 1.54) is 4.90 Å². The van der Waals surface area contributed by atoms with Crippen molar-refractivity contribution in [1.29, 1.82) is 0 Å². The van der Waals surface area contributed by atoms with Crippen LogP contribution in [0.4, 0.5) is 5.95 Å². The van der Waals surface area contributed by atoms with Gasteiger partial charge in [-0.15, -0.1) is 0 Å². The summed E-state index contributed by atoms with van der Waals surface area (Å²) >= 11 is 0. The second-order valence-electron chi connectivity index (χ2n) is 8.56. The minimum Gasteiger partial charge on any atom is -0.394 e. The van der Waals surface area contributed by atoms with Crippen LogP contribution in [0, 0.1) is 0 Å². The quantitative estimate of drug-likeness (QED) is 0.379. The van der Waals surface area contributed by atoms with Gasteiger partial charge in [0, 0.05) is 38.3 Å². The van der Waals surface area contributed by atoms with E-state index in [0.717, 1.165) is 5.82 Å². The molecule has 3 aromatic rings. The van der Waals surface area contributed by atoms with E-state index >= 15 is 0 Å². The molecule has 1 fully saturated rings. The fourth-order valence-electron chi connectivity index (χ4n) is 4.14. The molecule has 2 aliphatic heterocycles. The Labute approximate surface area is 201 Å². The van der Waals surface area contributed by atoms with Crippen molar-refractivity contribution in [1.82, 2.24) is 35.4 Å². The lowest BCUT2D eigenvalue weighted by Gasteiger charge is -2.22. The minimum atomic E-state index is -1.71. The number of amides is 1. The van der Waals surface area contributed by atoms with E-state index in [-0.39, 0.29) is 24.8 Å². The van der Waals surface area contributed by atoms with E-state index in [1.54, 1.807) is 31.4 Å². The lowest BCUT2D eigenvalue weighted by atomic mass is 9.98. The maximum Gasteiger partial charge on any atom is 0.262 e. The Balaban J connectivity index is 1.38. The molecule has 5 heterocycles. The SMILES string of the molecule is CC1C=C(Nc2nccc(-c3cccc(-c4cc(C5(O)CCN(C)C5=O)on4)n3)n2)N(CCO)N1. The number of anilines is 1. The van der Waals surface area contributed by atoms with Crippen LogP contribution in [0.5, 0.6) is 0 Å². The second-order valence-corrected chi connectivity index (χ2v) is 8.56. The van der Waals surface area contributed by atoms with Gasteiger partial charge in [0.05, 0.1) is 30.2 Å². The molecule has 0 aromatic carbocycles. The average Bonchev–Trinajstić information content (AvgIpc) is 3.56. The van der Waals surface area contributed by atoms with E-state index < -0.39 is 11.5 Å². The Bertz CT molecular complexity index is 1280. The number of carbonyl (C=O) groups is 1. The molecule has 12 heteroatoms. The second kappa shape index (κ2) is 9.06. The number of rotatable bonds is 7. The predicted molar refractivity (Wildman–Crippen MR) is 125 cm³/mol. The summed E-state index contributed by atoms with van der Waals surface area (Å²) in [6.45, 7) is 2.86. The minimum absolute atomic E-state index is 0.00235. The molecule has 0 aliphatic carbocycles. The highest BCUT2D eigenvalue weighted by molar-refractivity contribution is 5.87. The number of pyridine rings is 1. The maximum atomic E-state index is 12.4. The highest BCUT2D eigenvalue weighted by atomic mass is 16.5. The first-order chi connectivity index (χ1) is 16.9. The third-order valence-corrected chi connectivity index (χ3v) is 5.98. The topological polar surface area (TPSA) is 153 Å². The van der Waals surface area contributed by atoms with Crippen molar-refractivity contribution in [2.45, 2.75) is 25.0 Å². The summed E-state index contributed by atoms with van der Waals surface area (Å²) in [6, 6.07) is 8.80. The number of likely N-dealkylation sites (N-methyl/N-ethyl adjacent to an activating group) is 1. The number of aliphatic hydroxyl groups excluding tert-OH is 1. The predicted octanol–water partition coefficient (Wildman–Crippen LogP) is 0.698. The summed E-state index contributed by atoms with van der Waals surface area (Å²) in [5.41, 5.74) is 3.60. The van der Waals surface area contributed by atoms with Crippen LogP contribution in [0.25, 0.3) is 22.8 Å². The van der Waals surface area contributed by atoms with Crippen LogP contribution in [-0.2, 0) is 10.4 Å². The number of aliphatic hydroxyl groups is 2. The molecule has 0 radical (unpaired) electrons. The van der Waals surface area contributed by atoms with E-state index in [1.807, 2.05) is 30.1 Å². The van der Waals surface area contributed by atoms with Crippen LogP contribution in [0.3, 0.4) is 0 Å². The van der Waals surface area contributed by atoms with Crippen molar-refractivity contribution in [3.05, 3.63) is 54.2 Å². The molecule has 5 rings (SSSR count). The van der Waals surface area contributed by atoms with Gasteiger partial charge in [-0.1, -0.05) is 11.2 Å². The molecule has 1 amide bonds. The Morgan fingerprint density at radius 3 is 2.74 bits per heavy atom. The summed E-state index contributed by atoms with van der Waals surface area (Å²) in [6.07, 6.45) is 3.85. The van der Waals surface area contributed by atoms with Gasteiger partial charge in [-0.2, -0.15) is 0 Å². The Hall–Kier alpha value is -3.87. The molecule has 12 nitrogen and oxygen atoms in total. The molecule has 0 spiro atoms. The molecule has 2 atom stereocenters. The average molecular weight is 479 g/mol. The molecule has 0 bridgehead atoms. The molecule has 35 heavy (non-hydrogen) atoms. The molecule has 1 saturated heterocycles. The number of β-amino-alcohol motifs (C(OH)–C–C–N with tert-alkyl or cyclic N) is 1.